The maximum atomic E-state index is 12.7. The topological polar surface area (TPSA) is 142 Å². The molecule has 38 heavy (non-hydrogen) atoms. The predicted molar refractivity (Wildman–Crippen MR) is 139 cm³/mol. The Hall–Kier alpha value is -4.25. The molecule has 2 aromatic rings. The van der Waals surface area contributed by atoms with Crippen LogP contribution in [0.2, 0.25) is 0 Å². The van der Waals surface area contributed by atoms with Gasteiger partial charge in [-0.3, -0.25) is 9.59 Å². The minimum absolute atomic E-state index is 0.140. The molecule has 0 bridgehead atoms. The highest BCUT2D eigenvalue weighted by molar-refractivity contribution is 6.04. The van der Waals surface area contributed by atoms with Crippen LogP contribution in [0.3, 0.4) is 0 Å². The van der Waals surface area contributed by atoms with Gasteiger partial charge in [0.15, 0.2) is 12.4 Å². The Morgan fingerprint density at radius 2 is 1.58 bits per heavy atom. The van der Waals surface area contributed by atoms with Gasteiger partial charge in [-0.15, -0.1) is 0 Å². The number of hydrazone groups is 1. The second-order valence-electron chi connectivity index (χ2n) is 9.08. The molecule has 0 aliphatic rings. The van der Waals surface area contributed by atoms with Crippen LogP contribution in [-0.2, 0) is 19.0 Å². The molecule has 11 heteroatoms. The average molecular weight is 528 g/mol. The molecule has 2 rings (SSSR count). The Kier molecular flexibility index (Phi) is 11.4. The van der Waals surface area contributed by atoms with Gasteiger partial charge in [0.2, 0.25) is 0 Å². The van der Waals surface area contributed by atoms with Crippen LogP contribution in [0, 0.1) is 0 Å². The van der Waals surface area contributed by atoms with E-state index in [1.54, 1.807) is 76.2 Å². The summed E-state index contributed by atoms with van der Waals surface area (Å²) in [6, 6.07) is 11.9. The molecule has 2 amide bonds. The number of amides is 2. The van der Waals surface area contributed by atoms with Gasteiger partial charge in [-0.05, 0) is 69.7 Å². The largest absolute Gasteiger partial charge is 0.482 e. The SMILES string of the molecule is COCCOC(=O)COc1ccc(C(=O)[C@H](C)NC(=O)c2ccc(C=NNC(=O)OC(C)(C)C)cc2)cc1. The number of ketones is 1. The summed E-state index contributed by atoms with van der Waals surface area (Å²) in [5, 5.41) is 6.49. The van der Waals surface area contributed by atoms with Crippen molar-refractivity contribution in [3.63, 3.8) is 0 Å². The number of esters is 1. The summed E-state index contributed by atoms with van der Waals surface area (Å²) in [5.74, 6) is -0.850. The molecule has 2 N–H and O–H groups in total. The van der Waals surface area contributed by atoms with E-state index in [4.69, 9.17) is 18.9 Å². The molecule has 0 aliphatic heterocycles. The van der Waals surface area contributed by atoms with Crippen LogP contribution in [0.25, 0.3) is 0 Å². The Bertz CT molecular complexity index is 1120. The van der Waals surface area contributed by atoms with E-state index in [-0.39, 0.29) is 19.0 Å². The van der Waals surface area contributed by atoms with E-state index in [1.165, 1.54) is 13.3 Å². The molecule has 2 aromatic carbocycles. The van der Waals surface area contributed by atoms with Gasteiger partial charge in [-0.1, -0.05) is 12.1 Å². The standard InChI is InChI=1S/C27H33N3O8/c1-18(24(32)20-10-12-22(13-11-20)37-17-23(31)36-15-14-35-5)29-25(33)21-8-6-19(7-9-21)16-28-30-26(34)38-27(2,3)4/h6-13,16,18H,14-15,17H2,1-5H3,(H,29,33)(H,30,34)/t18-/m0/s1. The van der Waals surface area contributed by atoms with E-state index < -0.39 is 29.6 Å². The monoisotopic (exact) mass is 527 g/mol. The van der Waals surface area contributed by atoms with Crippen molar-refractivity contribution in [3.05, 3.63) is 65.2 Å². The summed E-state index contributed by atoms with van der Waals surface area (Å²) in [7, 11) is 1.50. The lowest BCUT2D eigenvalue weighted by molar-refractivity contribution is -0.147. The van der Waals surface area contributed by atoms with Crippen molar-refractivity contribution in [1.29, 1.82) is 0 Å². The highest BCUT2D eigenvalue weighted by Crippen LogP contribution is 2.14. The fourth-order valence-corrected chi connectivity index (χ4v) is 2.91. The van der Waals surface area contributed by atoms with E-state index in [1.807, 2.05) is 0 Å². The molecule has 0 saturated heterocycles. The molecule has 0 fully saturated rings. The Morgan fingerprint density at radius 3 is 2.18 bits per heavy atom. The van der Waals surface area contributed by atoms with E-state index >= 15 is 0 Å². The van der Waals surface area contributed by atoms with E-state index in [2.05, 4.69) is 15.8 Å². The maximum absolute atomic E-state index is 12.7. The van der Waals surface area contributed by atoms with Crippen LogP contribution in [0.5, 0.6) is 5.75 Å². The summed E-state index contributed by atoms with van der Waals surface area (Å²) in [4.78, 5) is 48.5. The van der Waals surface area contributed by atoms with Crippen LogP contribution in [0.4, 0.5) is 4.79 Å². The van der Waals surface area contributed by atoms with Crippen LogP contribution < -0.4 is 15.5 Å². The molecule has 0 spiro atoms. The van der Waals surface area contributed by atoms with E-state index in [0.29, 0.717) is 29.0 Å². The lowest BCUT2D eigenvalue weighted by Crippen LogP contribution is -2.38. The Morgan fingerprint density at radius 1 is 0.947 bits per heavy atom. The first-order valence-electron chi connectivity index (χ1n) is 11.8. The first-order valence-corrected chi connectivity index (χ1v) is 11.8. The minimum Gasteiger partial charge on any atom is -0.482 e. The van der Waals surface area contributed by atoms with E-state index in [0.717, 1.165) is 0 Å². The lowest BCUT2D eigenvalue weighted by Gasteiger charge is -2.18. The van der Waals surface area contributed by atoms with Crippen LogP contribution in [0.15, 0.2) is 53.6 Å². The smallest absolute Gasteiger partial charge is 0.428 e. The maximum Gasteiger partial charge on any atom is 0.428 e. The molecule has 0 unspecified atom stereocenters. The summed E-state index contributed by atoms with van der Waals surface area (Å²) in [6.07, 6.45) is 0.735. The summed E-state index contributed by atoms with van der Waals surface area (Å²) in [5.41, 5.74) is 3.00. The fraction of sp³-hybridized carbons (Fsp3) is 0.370. The van der Waals surface area contributed by atoms with Gasteiger partial charge in [0.1, 0.15) is 18.0 Å². The number of rotatable bonds is 12. The third kappa shape index (κ3) is 10.8. The highest BCUT2D eigenvalue weighted by atomic mass is 16.6. The zero-order valence-corrected chi connectivity index (χ0v) is 22.1. The second-order valence-corrected chi connectivity index (χ2v) is 9.08. The third-order valence-electron chi connectivity index (χ3n) is 4.73. The highest BCUT2D eigenvalue weighted by Gasteiger charge is 2.19. The first-order chi connectivity index (χ1) is 18.0. The number of carbonyl (C=O) groups excluding carboxylic acids is 4. The van der Waals surface area contributed by atoms with Gasteiger partial charge in [-0.2, -0.15) is 5.10 Å². The number of Topliss-reactive ketones (excluding diaryl/α,β-unsaturated/α-hetero) is 1. The lowest BCUT2D eigenvalue weighted by atomic mass is 10.0. The number of methoxy groups -OCH3 is 1. The summed E-state index contributed by atoms with van der Waals surface area (Å²) in [6.45, 7) is 6.99. The van der Waals surface area contributed by atoms with Crippen molar-refractivity contribution in [2.24, 2.45) is 5.10 Å². The molecule has 0 radical (unpaired) electrons. The normalized spacial score (nSPS) is 11.9. The van der Waals surface area contributed by atoms with Gasteiger partial charge in [-0.25, -0.2) is 15.0 Å². The molecular formula is C27H33N3O8. The van der Waals surface area contributed by atoms with Gasteiger partial charge in [0, 0.05) is 18.2 Å². The van der Waals surface area contributed by atoms with Crippen molar-refractivity contribution in [2.75, 3.05) is 26.9 Å². The quantitative estimate of drug-likeness (QED) is 0.141. The predicted octanol–water partition coefficient (Wildman–Crippen LogP) is 3.11. The van der Waals surface area contributed by atoms with Crippen molar-refractivity contribution < 1.29 is 38.1 Å². The summed E-state index contributed by atoms with van der Waals surface area (Å²) < 4.78 is 20.1. The second kappa shape index (κ2) is 14.5. The number of ether oxygens (including phenoxy) is 4. The van der Waals surface area contributed by atoms with Gasteiger partial charge < -0.3 is 24.3 Å². The summed E-state index contributed by atoms with van der Waals surface area (Å²) >= 11 is 0. The zero-order chi connectivity index (χ0) is 28.1. The van der Waals surface area contributed by atoms with Crippen molar-refractivity contribution in [3.8, 4) is 5.75 Å². The van der Waals surface area contributed by atoms with Gasteiger partial charge >= 0.3 is 12.1 Å². The number of hydrogen-bond acceptors (Lipinski definition) is 9. The molecule has 11 nitrogen and oxygen atoms in total. The Labute approximate surface area is 221 Å². The molecule has 0 heterocycles. The Balaban J connectivity index is 1.84. The average Bonchev–Trinajstić information content (AvgIpc) is 2.86. The number of nitrogens with one attached hydrogen (secondary N) is 2. The van der Waals surface area contributed by atoms with Crippen LogP contribution in [0.1, 0.15) is 54.0 Å². The first kappa shape index (κ1) is 30.0. The molecule has 0 saturated carbocycles. The van der Waals surface area contributed by atoms with Gasteiger partial charge in [0.05, 0.1) is 18.9 Å². The third-order valence-corrected chi connectivity index (χ3v) is 4.73. The molecular weight excluding hydrogens is 494 g/mol. The number of hydrogen-bond donors (Lipinski definition) is 2. The molecule has 0 aromatic heterocycles. The number of carbonyl (C=O) groups is 4. The molecule has 204 valence electrons. The zero-order valence-electron chi connectivity index (χ0n) is 22.1. The minimum atomic E-state index is -0.788. The van der Waals surface area contributed by atoms with Crippen molar-refractivity contribution in [2.45, 2.75) is 39.3 Å². The van der Waals surface area contributed by atoms with Gasteiger partial charge in [0.25, 0.3) is 5.91 Å². The molecule has 1 atom stereocenters. The number of benzene rings is 2. The van der Waals surface area contributed by atoms with E-state index in [9.17, 15) is 19.2 Å². The number of nitrogens with zero attached hydrogens (tertiary/aromatic N) is 1. The fourth-order valence-electron chi connectivity index (χ4n) is 2.91. The van der Waals surface area contributed by atoms with Crippen LogP contribution in [-0.4, -0.2) is 68.5 Å². The van der Waals surface area contributed by atoms with Crippen molar-refractivity contribution >= 4 is 30.0 Å². The van der Waals surface area contributed by atoms with Crippen molar-refractivity contribution in [1.82, 2.24) is 10.7 Å². The van der Waals surface area contributed by atoms with Crippen LogP contribution >= 0.6 is 0 Å². The molecule has 0 aliphatic carbocycles.